The molecule has 1 aromatic rings. The van der Waals surface area contributed by atoms with E-state index in [4.69, 9.17) is 11.2 Å². The number of ether oxygens (including phenoxy) is 1. The Morgan fingerprint density at radius 3 is 2.77 bits per heavy atom. The summed E-state index contributed by atoms with van der Waals surface area (Å²) in [4.78, 5) is 12.0. The van der Waals surface area contributed by atoms with E-state index in [1.54, 1.807) is 12.1 Å². The number of benzene rings is 1. The SMILES string of the molecule is C#CCCC1(CCNC(=O)CNS(=O)(=O)c2ccc3c(c2)COC3)N=N1. The van der Waals surface area contributed by atoms with E-state index in [9.17, 15) is 13.2 Å². The summed E-state index contributed by atoms with van der Waals surface area (Å²) in [5, 5.41) is 10.6. The second-order valence-electron chi connectivity index (χ2n) is 6.23. The largest absolute Gasteiger partial charge is 0.372 e. The van der Waals surface area contributed by atoms with Gasteiger partial charge in [-0.1, -0.05) is 6.07 Å². The van der Waals surface area contributed by atoms with Gasteiger partial charge in [0.05, 0.1) is 24.7 Å². The number of terminal acetylenes is 1. The summed E-state index contributed by atoms with van der Waals surface area (Å²) in [7, 11) is -3.76. The summed E-state index contributed by atoms with van der Waals surface area (Å²) in [6, 6.07) is 4.82. The van der Waals surface area contributed by atoms with E-state index in [2.05, 4.69) is 26.2 Å². The Balaban J connectivity index is 1.44. The van der Waals surface area contributed by atoms with Crippen LogP contribution in [0.15, 0.2) is 33.3 Å². The molecule has 0 bridgehead atoms. The second kappa shape index (κ2) is 7.53. The van der Waals surface area contributed by atoms with Crippen LogP contribution in [0.4, 0.5) is 0 Å². The van der Waals surface area contributed by atoms with E-state index >= 15 is 0 Å². The highest BCUT2D eigenvalue weighted by molar-refractivity contribution is 7.89. The quantitative estimate of drug-likeness (QED) is 0.629. The van der Waals surface area contributed by atoms with Gasteiger partial charge >= 0.3 is 0 Å². The zero-order chi connectivity index (χ0) is 18.6. The molecule has 9 heteroatoms. The van der Waals surface area contributed by atoms with Crippen LogP contribution in [0.25, 0.3) is 0 Å². The predicted octanol–water partition coefficient (Wildman–Crippen LogP) is 1.08. The number of hydrogen-bond donors (Lipinski definition) is 2. The minimum absolute atomic E-state index is 0.123. The molecular formula is C17H20N4O4S. The molecule has 2 heterocycles. The van der Waals surface area contributed by atoms with Gasteiger partial charge in [-0.15, -0.1) is 12.3 Å². The summed E-state index contributed by atoms with van der Waals surface area (Å²) in [6.07, 6.45) is 7.01. The molecule has 0 radical (unpaired) electrons. The average Bonchev–Trinajstić information content (AvgIpc) is 3.23. The number of amides is 1. The maximum Gasteiger partial charge on any atom is 0.241 e. The van der Waals surface area contributed by atoms with Crippen molar-refractivity contribution in [3.8, 4) is 12.3 Å². The van der Waals surface area contributed by atoms with Gasteiger partial charge in [-0.05, 0) is 23.3 Å². The van der Waals surface area contributed by atoms with Gasteiger partial charge in [-0.3, -0.25) is 4.79 Å². The molecule has 2 aliphatic rings. The third-order valence-electron chi connectivity index (χ3n) is 4.33. The highest BCUT2D eigenvalue weighted by atomic mass is 32.2. The summed E-state index contributed by atoms with van der Waals surface area (Å²) in [5.74, 6) is 2.13. The van der Waals surface area contributed by atoms with Gasteiger partial charge in [-0.2, -0.15) is 10.2 Å². The zero-order valence-corrected chi connectivity index (χ0v) is 15.0. The van der Waals surface area contributed by atoms with Crippen LogP contribution in [-0.2, 0) is 32.8 Å². The van der Waals surface area contributed by atoms with E-state index in [-0.39, 0.29) is 11.4 Å². The summed E-state index contributed by atoms with van der Waals surface area (Å²) < 4.78 is 32.2. The number of sulfonamides is 1. The van der Waals surface area contributed by atoms with Crippen LogP contribution in [0.5, 0.6) is 0 Å². The third-order valence-corrected chi connectivity index (χ3v) is 5.72. The summed E-state index contributed by atoms with van der Waals surface area (Å²) in [5.41, 5.74) is 1.37. The van der Waals surface area contributed by atoms with Crippen LogP contribution in [0, 0.1) is 12.3 Å². The van der Waals surface area contributed by atoms with Gasteiger partial charge in [0.1, 0.15) is 0 Å². The Bertz CT molecular complexity index is 867. The van der Waals surface area contributed by atoms with Gasteiger partial charge in [0, 0.05) is 25.8 Å². The monoisotopic (exact) mass is 376 g/mol. The highest BCUT2D eigenvalue weighted by Crippen LogP contribution is 2.35. The van der Waals surface area contributed by atoms with E-state index < -0.39 is 21.6 Å². The molecule has 1 amide bonds. The maximum atomic E-state index is 12.3. The van der Waals surface area contributed by atoms with Gasteiger partial charge in [0.2, 0.25) is 15.9 Å². The van der Waals surface area contributed by atoms with E-state index in [1.807, 2.05) is 0 Å². The lowest BCUT2D eigenvalue weighted by Crippen LogP contribution is -2.38. The zero-order valence-electron chi connectivity index (χ0n) is 14.2. The molecule has 26 heavy (non-hydrogen) atoms. The van der Waals surface area contributed by atoms with Gasteiger partial charge in [0.15, 0.2) is 5.66 Å². The molecule has 0 aliphatic carbocycles. The number of nitrogens with zero attached hydrogens (tertiary/aromatic N) is 2. The minimum atomic E-state index is -3.76. The normalized spacial score (nSPS) is 16.7. The number of fused-ring (bicyclic) bond motifs is 1. The molecular weight excluding hydrogens is 356 g/mol. The number of rotatable bonds is 9. The first kappa shape index (κ1) is 18.5. The van der Waals surface area contributed by atoms with Crippen LogP contribution < -0.4 is 10.0 Å². The average molecular weight is 376 g/mol. The number of nitrogens with one attached hydrogen (secondary N) is 2. The van der Waals surface area contributed by atoms with E-state index in [1.165, 1.54) is 6.07 Å². The summed E-state index contributed by atoms with van der Waals surface area (Å²) >= 11 is 0. The van der Waals surface area contributed by atoms with Crippen molar-refractivity contribution in [3.05, 3.63) is 29.3 Å². The lowest BCUT2D eigenvalue weighted by molar-refractivity contribution is -0.119. The fourth-order valence-corrected chi connectivity index (χ4v) is 3.72. The van der Waals surface area contributed by atoms with Crippen molar-refractivity contribution in [1.82, 2.24) is 10.0 Å². The molecule has 0 aromatic heterocycles. The van der Waals surface area contributed by atoms with Crippen molar-refractivity contribution in [2.75, 3.05) is 13.1 Å². The summed E-state index contributed by atoms with van der Waals surface area (Å²) in [6.45, 7) is 0.916. The number of carbonyl (C=O) groups excluding carboxylic acids is 1. The third kappa shape index (κ3) is 4.46. The standard InChI is InChI=1S/C17H20N4O4S/c1-2-3-6-17(20-21-17)7-8-18-16(22)10-19-26(23,24)15-5-4-13-11-25-12-14(13)9-15/h1,4-5,9,19H,3,6-8,10-12H2,(H,18,22). The van der Waals surface area contributed by atoms with Crippen molar-refractivity contribution in [2.24, 2.45) is 10.2 Å². The van der Waals surface area contributed by atoms with Crippen LogP contribution in [0.3, 0.4) is 0 Å². The van der Waals surface area contributed by atoms with E-state index in [0.29, 0.717) is 39.0 Å². The predicted molar refractivity (Wildman–Crippen MR) is 93.4 cm³/mol. The maximum absolute atomic E-state index is 12.3. The Morgan fingerprint density at radius 1 is 1.27 bits per heavy atom. The van der Waals surface area contributed by atoms with Crippen LogP contribution in [0.2, 0.25) is 0 Å². The Morgan fingerprint density at radius 2 is 2.04 bits per heavy atom. The smallest absolute Gasteiger partial charge is 0.241 e. The lowest BCUT2D eigenvalue weighted by Gasteiger charge is -2.11. The lowest BCUT2D eigenvalue weighted by atomic mass is 10.0. The number of carbonyl (C=O) groups is 1. The molecule has 2 N–H and O–H groups in total. The van der Waals surface area contributed by atoms with Crippen molar-refractivity contribution >= 4 is 15.9 Å². The Kier molecular flexibility index (Phi) is 5.36. The van der Waals surface area contributed by atoms with Gasteiger partial charge < -0.3 is 10.1 Å². The molecule has 0 atom stereocenters. The van der Waals surface area contributed by atoms with Crippen molar-refractivity contribution in [3.63, 3.8) is 0 Å². The van der Waals surface area contributed by atoms with Crippen molar-refractivity contribution in [1.29, 1.82) is 0 Å². The molecule has 1 aromatic carbocycles. The topological polar surface area (TPSA) is 109 Å². The van der Waals surface area contributed by atoms with Gasteiger partial charge in [0.25, 0.3) is 0 Å². The molecule has 8 nitrogen and oxygen atoms in total. The Hall–Kier alpha value is -2.28. The van der Waals surface area contributed by atoms with Crippen molar-refractivity contribution in [2.45, 2.75) is 43.0 Å². The van der Waals surface area contributed by atoms with E-state index in [0.717, 1.165) is 11.1 Å². The molecule has 0 unspecified atom stereocenters. The second-order valence-corrected chi connectivity index (χ2v) is 8.00. The van der Waals surface area contributed by atoms with Gasteiger partial charge in [-0.25, -0.2) is 13.1 Å². The molecule has 0 fully saturated rings. The molecule has 0 saturated heterocycles. The molecule has 138 valence electrons. The fraction of sp³-hybridized carbons (Fsp3) is 0.471. The fourth-order valence-electron chi connectivity index (χ4n) is 2.69. The molecule has 0 saturated carbocycles. The highest BCUT2D eigenvalue weighted by Gasteiger charge is 2.38. The Labute approximate surface area is 152 Å². The molecule has 2 aliphatic heterocycles. The molecule has 0 spiro atoms. The molecule has 3 rings (SSSR count). The number of hydrogen-bond acceptors (Lipinski definition) is 6. The first-order valence-corrected chi connectivity index (χ1v) is 9.76. The van der Waals surface area contributed by atoms with Crippen molar-refractivity contribution < 1.29 is 17.9 Å². The first-order chi connectivity index (χ1) is 12.4. The van der Waals surface area contributed by atoms with Crippen LogP contribution in [-0.4, -0.2) is 33.1 Å². The van der Waals surface area contributed by atoms with Crippen LogP contribution in [0.1, 0.15) is 30.4 Å². The van der Waals surface area contributed by atoms with Crippen LogP contribution >= 0.6 is 0 Å². The first-order valence-electron chi connectivity index (χ1n) is 8.28. The minimum Gasteiger partial charge on any atom is -0.372 e.